The predicted molar refractivity (Wildman–Crippen MR) is 48.2 cm³/mol. The van der Waals surface area contributed by atoms with Crippen molar-refractivity contribution in [3.63, 3.8) is 0 Å². The summed E-state index contributed by atoms with van der Waals surface area (Å²) in [5.74, 6) is -0.338. The van der Waals surface area contributed by atoms with Crippen LogP contribution < -0.4 is 0 Å². The molecule has 0 spiro atoms. The van der Waals surface area contributed by atoms with Gasteiger partial charge in [0.25, 0.3) is 0 Å². The highest BCUT2D eigenvalue weighted by molar-refractivity contribution is 6.29. The third-order valence-corrected chi connectivity index (χ3v) is 3.03. The lowest BCUT2D eigenvalue weighted by Gasteiger charge is -2.20. The standard InChI is InChI=1S/C9H11ClO2/c1-4-9(12)7(10)5(2)6(3)8(9)11/h4,7,12H,1H2,2-3H3. The smallest absolute Gasteiger partial charge is 0.195 e. The topological polar surface area (TPSA) is 37.3 Å². The molecule has 0 fully saturated rings. The molecular formula is C9H11ClO2. The van der Waals surface area contributed by atoms with Gasteiger partial charge in [0.15, 0.2) is 11.4 Å². The minimum absolute atomic E-state index is 0.338. The van der Waals surface area contributed by atoms with E-state index in [1.54, 1.807) is 13.8 Å². The molecule has 2 atom stereocenters. The van der Waals surface area contributed by atoms with Crippen molar-refractivity contribution in [3.05, 3.63) is 23.8 Å². The number of halogens is 1. The van der Waals surface area contributed by atoms with Crippen LogP contribution in [-0.2, 0) is 4.79 Å². The van der Waals surface area contributed by atoms with Gasteiger partial charge in [-0.25, -0.2) is 0 Å². The van der Waals surface area contributed by atoms with Crippen molar-refractivity contribution < 1.29 is 9.90 Å². The molecule has 0 aromatic heterocycles. The van der Waals surface area contributed by atoms with Crippen molar-refractivity contribution in [2.24, 2.45) is 0 Å². The molecule has 0 saturated carbocycles. The highest BCUT2D eigenvalue weighted by atomic mass is 35.5. The predicted octanol–water partition coefficient (Wildman–Crippen LogP) is 1.43. The first-order valence-electron chi connectivity index (χ1n) is 3.67. The number of rotatable bonds is 1. The van der Waals surface area contributed by atoms with Crippen molar-refractivity contribution in [2.45, 2.75) is 24.8 Å². The molecular weight excluding hydrogens is 176 g/mol. The largest absolute Gasteiger partial charge is 0.376 e. The van der Waals surface area contributed by atoms with Gasteiger partial charge < -0.3 is 5.11 Å². The molecule has 2 unspecified atom stereocenters. The van der Waals surface area contributed by atoms with E-state index in [2.05, 4.69) is 6.58 Å². The van der Waals surface area contributed by atoms with Gasteiger partial charge in [-0.2, -0.15) is 0 Å². The maximum Gasteiger partial charge on any atom is 0.195 e. The zero-order valence-electron chi connectivity index (χ0n) is 7.10. The number of alkyl halides is 1. The Hall–Kier alpha value is -0.600. The van der Waals surface area contributed by atoms with Crippen molar-refractivity contribution in [2.75, 3.05) is 0 Å². The van der Waals surface area contributed by atoms with Crippen molar-refractivity contribution in [1.82, 2.24) is 0 Å². The summed E-state index contributed by atoms with van der Waals surface area (Å²) in [6.07, 6.45) is 1.20. The summed E-state index contributed by atoms with van der Waals surface area (Å²) in [5.41, 5.74) is -0.322. The summed E-state index contributed by atoms with van der Waals surface area (Å²) in [7, 11) is 0. The second-order valence-corrected chi connectivity index (χ2v) is 3.47. The highest BCUT2D eigenvalue weighted by Gasteiger charge is 2.47. The van der Waals surface area contributed by atoms with E-state index in [4.69, 9.17) is 11.6 Å². The van der Waals surface area contributed by atoms with E-state index in [1.807, 2.05) is 0 Å². The number of Topliss-reactive ketones (excluding diaryl/α,β-unsaturated/α-hetero) is 1. The van der Waals surface area contributed by atoms with Crippen LogP contribution in [-0.4, -0.2) is 21.9 Å². The summed E-state index contributed by atoms with van der Waals surface area (Å²) >= 11 is 5.86. The molecule has 66 valence electrons. The maximum absolute atomic E-state index is 11.4. The third kappa shape index (κ3) is 0.952. The van der Waals surface area contributed by atoms with Crippen molar-refractivity contribution in [3.8, 4) is 0 Å². The second-order valence-electron chi connectivity index (χ2n) is 3.03. The van der Waals surface area contributed by atoms with Crippen molar-refractivity contribution >= 4 is 17.4 Å². The fraction of sp³-hybridized carbons (Fsp3) is 0.444. The lowest BCUT2D eigenvalue weighted by Crippen LogP contribution is -2.40. The summed E-state index contributed by atoms with van der Waals surface area (Å²) in [5, 5.41) is 9.07. The molecule has 2 nitrogen and oxygen atoms in total. The normalized spacial score (nSPS) is 36.0. The minimum Gasteiger partial charge on any atom is -0.376 e. The molecule has 3 heteroatoms. The van der Waals surface area contributed by atoms with Crippen LogP contribution in [0.15, 0.2) is 23.8 Å². The Labute approximate surface area is 76.5 Å². The number of aliphatic hydroxyl groups is 1. The fourth-order valence-electron chi connectivity index (χ4n) is 1.31. The van der Waals surface area contributed by atoms with Crippen LogP contribution >= 0.6 is 11.6 Å². The van der Waals surface area contributed by atoms with E-state index in [0.29, 0.717) is 5.57 Å². The summed E-state index contributed by atoms with van der Waals surface area (Å²) in [6, 6.07) is 0. The van der Waals surface area contributed by atoms with E-state index in [9.17, 15) is 9.90 Å². The molecule has 0 aromatic rings. The molecule has 0 saturated heterocycles. The molecule has 1 N–H and O–H groups in total. The summed E-state index contributed by atoms with van der Waals surface area (Å²) < 4.78 is 0. The molecule has 0 heterocycles. The lowest BCUT2D eigenvalue weighted by atomic mass is 9.98. The Morgan fingerprint density at radius 3 is 2.33 bits per heavy atom. The number of ketones is 1. The quantitative estimate of drug-likeness (QED) is 0.497. The Balaban J connectivity index is 3.20. The molecule has 1 aliphatic rings. The van der Waals surface area contributed by atoms with Gasteiger partial charge >= 0.3 is 0 Å². The Kier molecular flexibility index (Phi) is 2.15. The van der Waals surface area contributed by atoms with Gasteiger partial charge in [-0.3, -0.25) is 4.79 Å². The molecule has 0 amide bonds. The van der Waals surface area contributed by atoms with E-state index < -0.39 is 11.0 Å². The second kappa shape index (κ2) is 2.71. The fourth-order valence-corrected chi connectivity index (χ4v) is 1.66. The van der Waals surface area contributed by atoms with Crippen LogP contribution in [0.1, 0.15) is 13.8 Å². The number of hydrogen-bond donors (Lipinski definition) is 1. The first-order valence-corrected chi connectivity index (χ1v) is 4.11. The van der Waals surface area contributed by atoms with E-state index >= 15 is 0 Å². The minimum atomic E-state index is -1.59. The van der Waals surface area contributed by atoms with Crippen LogP contribution in [0.2, 0.25) is 0 Å². The van der Waals surface area contributed by atoms with Crippen LogP contribution in [0.5, 0.6) is 0 Å². The van der Waals surface area contributed by atoms with Gasteiger partial charge in [0.05, 0.1) is 5.38 Å². The molecule has 0 radical (unpaired) electrons. The van der Waals surface area contributed by atoms with Crippen LogP contribution in [0.3, 0.4) is 0 Å². The first-order chi connectivity index (χ1) is 5.45. The molecule has 12 heavy (non-hydrogen) atoms. The van der Waals surface area contributed by atoms with Gasteiger partial charge in [-0.1, -0.05) is 12.7 Å². The zero-order chi connectivity index (χ0) is 9.52. The SMILES string of the molecule is C=CC1(O)C(=O)C(C)=C(C)C1Cl. The molecule has 0 aliphatic heterocycles. The summed E-state index contributed by atoms with van der Waals surface area (Å²) in [6.45, 7) is 6.81. The monoisotopic (exact) mass is 186 g/mol. The molecule has 0 aromatic carbocycles. The van der Waals surface area contributed by atoms with Gasteiger partial charge in [-0.15, -0.1) is 11.6 Å². The van der Waals surface area contributed by atoms with Crippen LogP contribution in [0.25, 0.3) is 0 Å². The Morgan fingerprint density at radius 2 is 2.17 bits per heavy atom. The van der Waals surface area contributed by atoms with Gasteiger partial charge in [0, 0.05) is 0 Å². The number of carbonyl (C=O) groups is 1. The van der Waals surface area contributed by atoms with E-state index in [1.165, 1.54) is 6.08 Å². The number of carbonyl (C=O) groups excluding carboxylic acids is 1. The number of hydrogen-bond acceptors (Lipinski definition) is 2. The Bertz CT molecular complexity index is 280. The van der Waals surface area contributed by atoms with Crippen LogP contribution in [0, 0.1) is 0 Å². The van der Waals surface area contributed by atoms with Gasteiger partial charge in [0.1, 0.15) is 0 Å². The van der Waals surface area contributed by atoms with Crippen molar-refractivity contribution in [1.29, 1.82) is 0 Å². The summed E-state index contributed by atoms with van der Waals surface area (Å²) in [4.78, 5) is 11.4. The Morgan fingerprint density at radius 1 is 1.67 bits per heavy atom. The average Bonchev–Trinajstić information content (AvgIpc) is 2.22. The third-order valence-electron chi connectivity index (χ3n) is 2.37. The zero-order valence-corrected chi connectivity index (χ0v) is 7.85. The van der Waals surface area contributed by atoms with E-state index in [0.717, 1.165) is 5.57 Å². The van der Waals surface area contributed by atoms with E-state index in [-0.39, 0.29) is 5.78 Å². The molecule has 1 aliphatic carbocycles. The lowest BCUT2D eigenvalue weighted by molar-refractivity contribution is -0.127. The molecule has 1 rings (SSSR count). The van der Waals surface area contributed by atoms with Gasteiger partial charge in [-0.05, 0) is 25.0 Å². The average molecular weight is 187 g/mol. The molecule has 0 bridgehead atoms. The van der Waals surface area contributed by atoms with Crippen LogP contribution in [0.4, 0.5) is 0 Å². The maximum atomic E-state index is 11.4. The first kappa shape index (κ1) is 9.49. The highest BCUT2D eigenvalue weighted by Crippen LogP contribution is 2.36. The van der Waals surface area contributed by atoms with Gasteiger partial charge in [0.2, 0.25) is 0 Å².